The van der Waals surface area contributed by atoms with Gasteiger partial charge in [0.2, 0.25) is 0 Å². The van der Waals surface area contributed by atoms with Crippen LogP contribution in [-0.2, 0) is 9.59 Å². The molecule has 0 bridgehead atoms. The molecule has 1 atom stereocenters. The number of aliphatic hydroxyl groups excluding tert-OH is 1. The van der Waals surface area contributed by atoms with Gasteiger partial charge in [0.1, 0.15) is 6.10 Å². The predicted octanol–water partition coefficient (Wildman–Crippen LogP) is -3.34. The minimum atomic E-state index is -1.23. The molecular formula is C5H11KO5. The first-order chi connectivity index (χ1) is 4.37. The van der Waals surface area contributed by atoms with Gasteiger partial charge in [-0.15, -0.1) is 0 Å². The van der Waals surface area contributed by atoms with Gasteiger partial charge in [0.05, 0.1) is 0 Å². The molecule has 0 amide bonds. The van der Waals surface area contributed by atoms with Crippen molar-refractivity contribution in [2.75, 3.05) is 0 Å². The van der Waals surface area contributed by atoms with Crippen LogP contribution in [0.3, 0.4) is 0 Å². The van der Waals surface area contributed by atoms with E-state index in [-0.39, 0.29) is 52.8 Å². The van der Waals surface area contributed by atoms with E-state index in [9.17, 15) is 4.79 Å². The molecule has 0 aliphatic heterocycles. The van der Waals surface area contributed by atoms with E-state index < -0.39 is 18.0 Å². The van der Waals surface area contributed by atoms with Crippen molar-refractivity contribution < 1.29 is 77.7 Å². The third-order valence-corrected chi connectivity index (χ3v) is 0.357. The first kappa shape index (κ1) is 17.6. The molecule has 5 nitrogen and oxygen atoms in total. The second-order valence-corrected chi connectivity index (χ2v) is 1.53. The SMILES string of the molecule is CC(=O)O.CC(O)C(=O)O.[H-].[K+]. The van der Waals surface area contributed by atoms with Gasteiger partial charge in [-0.05, 0) is 6.92 Å². The van der Waals surface area contributed by atoms with Gasteiger partial charge in [0.25, 0.3) is 5.97 Å². The van der Waals surface area contributed by atoms with E-state index in [0.717, 1.165) is 6.92 Å². The Hall–Kier alpha value is 0.536. The summed E-state index contributed by atoms with van der Waals surface area (Å²) in [4.78, 5) is 18.4. The van der Waals surface area contributed by atoms with Crippen LogP contribution in [0.4, 0.5) is 0 Å². The summed E-state index contributed by atoms with van der Waals surface area (Å²) >= 11 is 0. The second kappa shape index (κ2) is 10.5. The van der Waals surface area contributed by atoms with Crippen molar-refractivity contribution in [3.05, 3.63) is 0 Å². The summed E-state index contributed by atoms with van der Waals surface area (Å²) in [5.41, 5.74) is 0. The number of carboxylic acid groups (broad SMARTS) is 2. The summed E-state index contributed by atoms with van der Waals surface area (Å²) in [6.45, 7) is 2.28. The molecule has 11 heavy (non-hydrogen) atoms. The zero-order chi connectivity index (χ0) is 8.73. The molecule has 0 heterocycles. The molecule has 62 valence electrons. The fourth-order valence-electron chi connectivity index (χ4n) is 0. The predicted molar refractivity (Wildman–Crippen MR) is 33.7 cm³/mol. The second-order valence-electron chi connectivity index (χ2n) is 1.53. The van der Waals surface area contributed by atoms with Crippen LogP contribution in [0.15, 0.2) is 0 Å². The van der Waals surface area contributed by atoms with Crippen molar-refractivity contribution in [3.8, 4) is 0 Å². The summed E-state index contributed by atoms with van der Waals surface area (Å²) in [6.07, 6.45) is -1.23. The Morgan fingerprint density at radius 1 is 1.36 bits per heavy atom. The molecule has 0 aliphatic rings. The quantitative estimate of drug-likeness (QED) is 0.376. The van der Waals surface area contributed by atoms with E-state index in [4.69, 9.17) is 20.1 Å². The molecule has 3 N–H and O–H groups in total. The Kier molecular flexibility index (Phi) is 16.8. The number of hydrogen-bond acceptors (Lipinski definition) is 3. The van der Waals surface area contributed by atoms with E-state index >= 15 is 0 Å². The molecule has 0 rings (SSSR count). The number of hydrogen-bond donors (Lipinski definition) is 3. The smallest absolute Gasteiger partial charge is 1.00 e. The van der Waals surface area contributed by atoms with Crippen molar-refractivity contribution in [3.63, 3.8) is 0 Å². The van der Waals surface area contributed by atoms with Crippen LogP contribution < -0.4 is 51.4 Å². The summed E-state index contributed by atoms with van der Waals surface area (Å²) in [5, 5.41) is 23.2. The zero-order valence-corrected chi connectivity index (χ0v) is 9.86. The van der Waals surface area contributed by atoms with Crippen LogP contribution in [0.5, 0.6) is 0 Å². The first-order valence-electron chi connectivity index (χ1n) is 2.48. The normalized spacial score (nSPS) is 9.73. The van der Waals surface area contributed by atoms with Crippen LogP contribution in [0.25, 0.3) is 0 Å². The first-order valence-corrected chi connectivity index (χ1v) is 2.48. The number of rotatable bonds is 1. The van der Waals surface area contributed by atoms with Gasteiger partial charge in [0.15, 0.2) is 0 Å². The van der Waals surface area contributed by atoms with Crippen molar-refractivity contribution in [1.29, 1.82) is 0 Å². The number of aliphatic hydroxyl groups is 1. The molecule has 0 aromatic carbocycles. The molecular weight excluding hydrogens is 179 g/mol. The molecule has 0 radical (unpaired) electrons. The summed E-state index contributed by atoms with van der Waals surface area (Å²) < 4.78 is 0. The standard InChI is InChI=1S/C3H6O3.C2H4O2.K.H/c1-2(4)3(5)6;1-2(3)4;;/h2,4H,1H3,(H,5,6);1H3,(H,3,4);;/q;;+1;-1. The van der Waals surface area contributed by atoms with Gasteiger partial charge in [-0.3, -0.25) is 4.79 Å². The summed E-state index contributed by atoms with van der Waals surface area (Å²) in [7, 11) is 0. The average Bonchev–Trinajstić information content (AvgIpc) is 1.63. The topological polar surface area (TPSA) is 94.8 Å². The van der Waals surface area contributed by atoms with E-state index in [1.807, 2.05) is 0 Å². The van der Waals surface area contributed by atoms with Crippen LogP contribution in [0.1, 0.15) is 15.3 Å². The van der Waals surface area contributed by atoms with Crippen LogP contribution in [0.2, 0.25) is 0 Å². The van der Waals surface area contributed by atoms with Crippen molar-refractivity contribution >= 4 is 11.9 Å². The minimum absolute atomic E-state index is 0. The largest absolute Gasteiger partial charge is 1.00 e. The molecule has 0 aliphatic carbocycles. The van der Waals surface area contributed by atoms with E-state index in [1.54, 1.807) is 0 Å². The van der Waals surface area contributed by atoms with Crippen LogP contribution in [-0.4, -0.2) is 33.4 Å². The Bertz CT molecular complexity index is 123. The Morgan fingerprint density at radius 3 is 1.45 bits per heavy atom. The minimum Gasteiger partial charge on any atom is -1.00 e. The van der Waals surface area contributed by atoms with E-state index in [2.05, 4.69) is 0 Å². The van der Waals surface area contributed by atoms with Gasteiger partial charge < -0.3 is 16.7 Å². The Balaban J connectivity index is -0.0000000483. The number of aliphatic carboxylic acids is 2. The monoisotopic (exact) mass is 190 g/mol. The number of carbonyl (C=O) groups is 2. The molecule has 6 heteroatoms. The maximum Gasteiger partial charge on any atom is 1.00 e. The molecule has 0 saturated carbocycles. The van der Waals surface area contributed by atoms with E-state index in [0.29, 0.717) is 0 Å². The van der Waals surface area contributed by atoms with Gasteiger partial charge in [-0.1, -0.05) is 0 Å². The molecule has 1 unspecified atom stereocenters. The van der Waals surface area contributed by atoms with Gasteiger partial charge in [-0.2, -0.15) is 0 Å². The van der Waals surface area contributed by atoms with Gasteiger partial charge in [0, 0.05) is 6.92 Å². The van der Waals surface area contributed by atoms with Gasteiger partial charge >= 0.3 is 57.4 Å². The molecule has 0 fully saturated rings. The third kappa shape index (κ3) is 37.3. The van der Waals surface area contributed by atoms with Crippen LogP contribution in [0, 0.1) is 0 Å². The fraction of sp³-hybridized carbons (Fsp3) is 0.600. The molecule has 0 aromatic heterocycles. The van der Waals surface area contributed by atoms with E-state index in [1.165, 1.54) is 6.92 Å². The third-order valence-electron chi connectivity index (χ3n) is 0.357. The number of carboxylic acids is 2. The Morgan fingerprint density at radius 2 is 1.45 bits per heavy atom. The molecule has 0 spiro atoms. The average molecular weight is 190 g/mol. The maximum absolute atomic E-state index is 9.45. The van der Waals surface area contributed by atoms with Crippen molar-refractivity contribution in [2.24, 2.45) is 0 Å². The molecule has 0 aromatic rings. The maximum atomic E-state index is 9.45. The zero-order valence-electron chi connectivity index (χ0n) is 7.74. The van der Waals surface area contributed by atoms with Crippen LogP contribution >= 0.6 is 0 Å². The summed E-state index contributed by atoms with van der Waals surface area (Å²) in [6, 6.07) is 0. The van der Waals surface area contributed by atoms with Gasteiger partial charge in [-0.25, -0.2) is 4.79 Å². The molecule has 0 saturated heterocycles. The summed E-state index contributed by atoms with van der Waals surface area (Å²) in [5.74, 6) is -2.02. The van der Waals surface area contributed by atoms with Crippen molar-refractivity contribution in [2.45, 2.75) is 20.0 Å². The Labute approximate surface area is 108 Å². The fourth-order valence-corrected chi connectivity index (χ4v) is 0. The van der Waals surface area contributed by atoms with Crippen molar-refractivity contribution in [1.82, 2.24) is 0 Å².